The number of carbonyl (C=O) groups excluding carboxylic acids is 1. The van der Waals surface area contributed by atoms with Crippen LogP contribution in [0.1, 0.15) is 21.5 Å². The minimum absolute atomic E-state index is 0.0711. The number of carbonyl (C=O) groups is 1. The van der Waals surface area contributed by atoms with Crippen molar-refractivity contribution in [1.82, 2.24) is 4.90 Å². The topological polar surface area (TPSA) is 29.5 Å². The standard InChI is InChI=1S/C18H17Cl2NO2/c19-16-9-15(10-17(20)11-16)18(22)14-3-1-2-13(8-14)12-21-4-6-23-7-5-21/h1-3,8-11H,4-7,12H2. The van der Waals surface area contributed by atoms with Gasteiger partial charge in [-0.25, -0.2) is 0 Å². The van der Waals surface area contributed by atoms with Gasteiger partial charge in [0.05, 0.1) is 13.2 Å². The van der Waals surface area contributed by atoms with Gasteiger partial charge >= 0.3 is 0 Å². The fraction of sp³-hybridized carbons (Fsp3) is 0.278. The zero-order valence-corrected chi connectivity index (χ0v) is 14.1. The monoisotopic (exact) mass is 349 g/mol. The number of halogens is 2. The van der Waals surface area contributed by atoms with Gasteiger partial charge in [-0.1, -0.05) is 41.4 Å². The van der Waals surface area contributed by atoms with Crippen molar-refractivity contribution in [2.24, 2.45) is 0 Å². The van der Waals surface area contributed by atoms with Crippen LogP contribution in [0.4, 0.5) is 0 Å². The summed E-state index contributed by atoms with van der Waals surface area (Å²) in [6, 6.07) is 12.6. The number of hydrogen-bond acceptors (Lipinski definition) is 3. The lowest BCUT2D eigenvalue weighted by molar-refractivity contribution is 0.0342. The SMILES string of the molecule is O=C(c1cc(Cl)cc(Cl)c1)c1cccc(CN2CCOCC2)c1. The van der Waals surface area contributed by atoms with E-state index >= 15 is 0 Å². The molecule has 3 rings (SSSR count). The second-order valence-corrected chi connectivity index (χ2v) is 6.45. The summed E-state index contributed by atoms with van der Waals surface area (Å²) >= 11 is 12.0. The third-order valence-electron chi connectivity index (χ3n) is 3.82. The molecule has 0 unspecified atom stereocenters. The fourth-order valence-electron chi connectivity index (χ4n) is 2.68. The quantitative estimate of drug-likeness (QED) is 0.779. The van der Waals surface area contributed by atoms with Gasteiger partial charge in [0.15, 0.2) is 5.78 Å². The van der Waals surface area contributed by atoms with E-state index in [0.717, 1.165) is 38.4 Å². The van der Waals surface area contributed by atoms with Gasteiger partial charge in [0.1, 0.15) is 0 Å². The molecule has 0 N–H and O–H groups in total. The number of ether oxygens (including phenoxy) is 1. The summed E-state index contributed by atoms with van der Waals surface area (Å²) in [5, 5.41) is 0.927. The summed E-state index contributed by atoms with van der Waals surface area (Å²) in [5.74, 6) is -0.0711. The van der Waals surface area contributed by atoms with E-state index in [0.29, 0.717) is 21.2 Å². The lowest BCUT2D eigenvalue weighted by atomic mass is 10.0. The molecule has 0 atom stereocenters. The van der Waals surface area contributed by atoms with Gasteiger partial charge in [-0.2, -0.15) is 0 Å². The maximum absolute atomic E-state index is 12.6. The molecule has 1 aliphatic rings. The summed E-state index contributed by atoms with van der Waals surface area (Å²) in [6.07, 6.45) is 0. The van der Waals surface area contributed by atoms with E-state index in [2.05, 4.69) is 4.90 Å². The summed E-state index contributed by atoms with van der Waals surface area (Å²) in [4.78, 5) is 15.0. The summed E-state index contributed by atoms with van der Waals surface area (Å²) in [7, 11) is 0. The van der Waals surface area contributed by atoms with Crippen LogP contribution >= 0.6 is 23.2 Å². The average Bonchev–Trinajstić information content (AvgIpc) is 2.54. The molecular formula is C18H17Cl2NO2. The van der Waals surface area contributed by atoms with E-state index in [4.69, 9.17) is 27.9 Å². The normalized spacial score (nSPS) is 15.6. The van der Waals surface area contributed by atoms with Crippen LogP contribution in [0, 0.1) is 0 Å². The number of ketones is 1. The van der Waals surface area contributed by atoms with Gasteiger partial charge < -0.3 is 4.74 Å². The number of benzene rings is 2. The van der Waals surface area contributed by atoms with Crippen molar-refractivity contribution >= 4 is 29.0 Å². The van der Waals surface area contributed by atoms with Gasteiger partial charge in [0.25, 0.3) is 0 Å². The highest BCUT2D eigenvalue weighted by atomic mass is 35.5. The summed E-state index contributed by atoms with van der Waals surface area (Å²) in [5.41, 5.74) is 2.27. The largest absolute Gasteiger partial charge is 0.379 e. The number of hydrogen-bond donors (Lipinski definition) is 0. The van der Waals surface area contributed by atoms with Crippen LogP contribution in [0.15, 0.2) is 42.5 Å². The molecular weight excluding hydrogens is 333 g/mol. The molecule has 0 bridgehead atoms. The van der Waals surface area contributed by atoms with Crippen LogP contribution in [0.5, 0.6) is 0 Å². The van der Waals surface area contributed by atoms with Crippen molar-refractivity contribution < 1.29 is 9.53 Å². The smallest absolute Gasteiger partial charge is 0.193 e. The summed E-state index contributed by atoms with van der Waals surface area (Å²) < 4.78 is 5.36. The Bertz CT molecular complexity index is 692. The lowest BCUT2D eigenvalue weighted by Gasteiger charge is -2.26. The van der Waals surface area contributed by atoms with Crippen LogP contribution in [-0.4, -0.2) is 37.0 Å². The van der Waals surface area contributed by atoms with E-state index in [1.165, 1.54) is 0 Å². The number of morpholine rings is 1. The van der Waals surface area contributed by atoms with E-state index in [9.17, 15) is 4.79 Å². The zero-order valence-electron chi connectivity index (χ0n) is 12.6. The van der Waals surface area contributed by atoms with Crippen LogP contribution in [-0.2, 0) is 11.3 Å². The highest BCUT2D eigenvalue weighted by Crippen LogP contribution is 2.22. The molecule has 0 saturated carbocycles. The average molecular weight is 350 g/mol. The molecule has 5 heteroatoms. The Kier molecular flexibility index (Phi) is 5.34. The van der Waals surface area contributed by atoms with Gasteiger partial charge in [0.2, 0.25) is 0 Å². The first-order valence-corrected chi connectivity index (χ1v) is 8.27. The Morgan fingerprint density at radius 3 is 2.39 bits per heavy atom. The minimum Gasteiger partial charge on any atom is -0.379 e. The van der Waals surface area contributed by atoms with Crippen molar-refractivity contribution in [1.29, 1.82) is 0 Å². The van der Waals surface area contributed by atoms with E-state index in [-0.39, 0.29) is 5.78 Å². The highest BCUT2D eigenvalue weighted by molar-refractivity contribution is 6.35. The number of rotatable bonds is 4. The summed E-state index contributed by atoms with van der Waals surface area (Å²) in [6.45, 7) is 4.18. The predicted molar refractivity (Wildman–Crippen MR) is 92.4 cm³/mol. The molecule has 0 aliphatic carbocycles. The maximum atomic E-state index is 12.6. The van der Waals surface area contributed by atoms with Crippen LogP contribution < -0.4 is 0 Å². The van der Waals surface area contributed by atoms with Crippen molar-refractivity contribution in [2.75, 3.05) is 26.3 Å². The van der Waals surface area contributed by atoms with Crippen LogP contribution in [0.2, 0.25) is 10.0 Å². The van der Waals surface area contributed by atoms with Gasteiger partial charge in [0, 0.05) is 40.8 Å². The Morgan fingerprint density at radius 2 is 1.70 bits per heavy atom. The molecule has 2 aromatic rings. The van der Waals surface area contributed by atoms with Gasteiger partial charge in [-0.05, 0) is 29.8 Å². The third kappa shape index (κ3) is 4.33. The molecule has 3 nitrogen and oxygen atoms in total. The molecule has 2 aromatic carbocycles. The molecule has 1 aliphatic heterocycles. The first-order chi connectivity index (χ1) is 11.1. The predicted octanol–water partition coefficient (Wildman–Crippen LogP) is 4.06. The van der Waals surface area contributed by atoms with Gasteiger partial charge in [-0.15, -0.1) is 0 Å². The molecule has 1 fully saturated rings. The molecule has 0 amide bonds. The zero-order chi connectivity index (χ0) is 16.2. The molecule has 0 radical (unpaired) electrons. The highest BCUT2D eigenvalue weighted by Gasteiger charge is 2.14. The van der Waals surface area contributed by atoms with E-state index < -0.39 is 0 Å². The second kappa shape index (κ2) is 7.45. The molecule has 0 spiro atoms. The molecule has 1 saturated heterocycles. The minimum atomic E-state index is -0.0711. The molecule has 1 heterocycles. The van der Waals surface area contributed by atoms with Crippen molar-refractivity contribution in [3.05, 3.63) is 69.2 Å². The van der Waals surface area contributed by atoms with Crippen LogP contribution in [0.25, 0.3) is 0 Å². The second-order valence-electron chi connectivity index (χ2n) is 5.58. The first kappa shape index (κ1) is 16.5. The van der Waals surface area contributed by atoms with E-state index in [1.54, 1.807) is 18.2 Å². The molecule has 0 aromatic heterocycles. The molecule has 120 valence electrons. The molecule has 23 heavy (non-hydrogen) atoms. The Morgan fingerprint density at radius 1 is 1.00 bits per heavy atom. The maximum Gasteiger partial charge on any atom is 0.193 e. The van der Waals surface area contributed by atoms with Gasteiger partial charge in [-0.3, -0.25) is 9.69 Å². The van der Waals surface area contributed by atoms with Crippen molar-refractivity contribution in [3.8, 4) is 0 Å². The Labute approximate surface area is 145 Å². The van der Waals surface area contributed by atoms with Crippen molar-refractivity contribution in [3.63, 3.8) is 0 Å². The van der Waals surface area contributed by atoms with E-state index in [1.807, 2.05) is 24.3 Å². The number of nitrogens with zero attached hydrogens (tertiary/aromatic N) is 1. The van der Waals surface area contributed by atoms with Crippen LogP contribution in [0.3, 0.4) is 0 Å². The lowest BCUT2D eigenvalue weighted by Crippen LogP contribution is -2.35. The Hall–Kier alpha value is -1.39. The first-order valence-electron chi connectivity index (χ1n) is 7.52. The Balaban J connectivity index is 1.79. The third-order valence-corrected chi connectivity index (χ3v) is 4.26. The fourth-order valence-corrected chi connectivity index (χ4v) is 3.21. The van der Waals surface area contributed by atoms with Crippen molar-refractivity contribution in [2.45, 2.75) is 6.54 Å².